The normalized spacial score (nSPS) is 23.7. The standard InChI is InChI=1S/C15H20N2O5S/c1-21-13-5-14(16-6-13)15(18)17-23(19,20)9-10-2-3-11-7-22-8-12(11)4-10/h2-4,13-14,16H,5-9H2,1H3,(H,17,18)/t13-,14-/m1/s1. The molecule has 1 fully saturated rings. The van der Waals surface area contributed by atoms with E-state index in [0.717, 1.165) is 11.1 Å². The molecule has 1 aromatic rings. The maximum absolute atomic E-state index is 12.2. The van der Waals surface area contributed by atoms with Gasteiger partial charge in [0.05, 0.1) is 31.1 Å². The lowest BCUT2D eigenvalue weighted by atomic mass is 10.1. The van der Waals surface area contributed by atoms with Gasteiger partial charge in [0.15, 0.2) is 0 Å². The summed E-state index contributed by atoms with van der Waals surface area (Å²) in [6.07, 6.45) is 0.402. The molecule has 1 saturated heterocycles. The minimum Gasteiger partial charge on any atom is -0.380 e. The van der Waals surface area contributed by atoms with E-state index in [2.05, 4.69) is 10.0 Å². The number of fused-ring (bicyclic) bond motifs is 1. The van der Waals surface area contributed by atoms with Gasteiger partial charge in [-0.25, -0.2) is 8.42 Å². The summed E-state index contributed by atoms with van der Waals surface area (Å²) >= 11 is 0. The highest BCUT2D eigenvalue weighted by atomic mass is 32.2. The zero-order valence-corrected chi connectivity index (χ0v) is 13.7. The van der Waals surface area contributed by atoms with Crippen LogP contribution in [0.15, 0.2) is 18.2 Å². The second kappa shape index (κ2) is 6.56. The van der Waals surface area contributed by atoms with Crippen LogP contribution >= 0.6 is 0 Å². The Balaban J connectivity index is 1.62. The molecule has 0 spiro atoms. The number of carbonyl (C=O) groups excluding carboxylic acids is 1. The van der Waals surface area contributed by atoms with E-state index in [9.17, 15) is 13.2 Å². The summed E-state index contributed by atoms with van der Waals surface area (Å²) in [7, 11) is -2.16. The summed E-state index contributed by atoms with van der Waals surface area (Å²) in [6.45, 7) is 1.60. The Hall–Kier alpha value is -1.48. The Morgan fingerprint density at radius 2 is 2.17 bits per heavy atom. The summed E-state index contributed by atoms with van der Waals surface area (Å²) in [5.41, 5.74) is 2.73. The molecular formula is C15H20N2O5S. The summed E-state index contributed by atoms with van der Waals surface area (Å²) in [5, 5.41) is 2.96. The Morgan fingerprint density at radius 1 is 1.39 bits per heavy atom. The minimum absolute atomic E-state index is 0.0647. The van der Waals surface area contributed by atoms with Crippen LogP contribution in [0.2, 0.25) is 0 Å². The summed E-state index contributed by atoms with van der Waals surface area (Å²) < 4.78 is 37.0. The molecule has 0 aromatic heterocycles. The SMILES string of the molecule is CO[C@H]1CN[C@@H](C(=O)NS(=O)(=O)Cc2ccc3c(c2)COC3)C1. The maximum atomic E-state index is 12.2. The highest BCUT2D eigenvalue weighted by molar-refractivity contribution is 7.89. The first-order valence-electron chi connectivity index (χ1n) is 7.46. The van der Waals surface area contributed by atoms with E-state index in [1.54, 1.807) is 13.2 Å². The molecule has 1 amide bonds. The van der Waals surface area contributed by atoms with Crippen molar-refractivity contribution < 1.29 is 22.7 Å². The molecule has 2 heterocycles. The van der Waals surface area contributed by atoms with Crippen molar-refractivity contribution in [3.8, 4) is 0 Å². The van der Waals surface area contributed by atoms with Gasteiger partial charge >= 0.3 is 0 Å². The fraction of sp³-hybridized carbons (Fsp3) is 0.533. The van der Waals surface area contributed by atoms with Crippen LogP contribution in [0.4, 0.5) is 0 Å². The van der Waals surface area contributed by atoms with Crippen LogP contribution in [0.5, 0.6) is 0 Å². The van der Waals surface area contributed by atoms with E-state index in [1.165, 1.54) is 0 Å². The third-order valence-corrected chi connectivity index (χ3v) is 5.36. The van der Waals surface area contributed by atoms with Crippen molar-refractivity contribution in [2.75, 3.05) is 13.7 Å². The molecule has 0 aliphatic carbocycles. The lowest BCUT2D eigenvalue weighted by molar-refractivity contribution is -0.121. The van der Waals surface area contributed by atoms with Crippen LogP contribution in [0.1, 0.15) is 23.1 Å². The van der Waals surface area contributed by atoms with Crippen LogP contribution < -0.4 is 10.0 Å². The van der Waals surface area contributed by atoms with Gasteiger partial charge in [0, 0.05) is 13.7 Å². The second-order valence-corrected chi connectivity index (χ2v) is 7.60. The molecule has 3 rings (SSSR count). The molecular weight excluding hydrogens is 320 g/mol. The van der Waals surface area contributed by atoms with E-state index in [4.69, 9.17) is 9.47 Å². The number of hydrogen-bond acceptors (Lipinski definition) is 6. The van der Waals surface area contributed by atoms with Gasteiger partial charge in [0.2, 0.25) is 10.0 Å². The lowest BCUT2D eigenvalue weighted by Gasteiger charge is -2.12. The number of ether oxygens (including phenoxy) is 2. The minimum atomic E-state index is -3.73. The molecule has 2 aliphatic rings. The number of nitrogens with one attached hydrogen (secondary N) is 2. The van der Waals surface area contributed by atoms with Gasteiger partial charge in [-0.05, 0) is 23.1 Å². The Bertz CT molecular complexity index is 704. The van der Waals surface area contributed by atoms with Crippen LogP contribution in [-0.4, -0.2) is 40.1 Å². The predicted molar refractivity (Wildman–Crippen MR) is 82.9 cm³/mol. The number of methoxy groups -OCH3 is 1. The van der Waals surface area contributed by atoms with Crippen LogP contribution in [-0.2, 0) is 43.3 Å². The molecule has 23 heavy (non-hydrogen) atoms. The van der Waals surface area contributed by atoms with Crippen molar-refractivity contribution in [1.82, 2.24) is 10.0 Å². The van der Waals surface area contributed by atoms with Gasteiger partial charge < -0.3 is 14.8 Å². The van der Waals surface area contributed by atoms with Crippen molar-refractivity contribution in [3.05, 3.63) is 34.9 Å². The van der Waals surface area contributed by atoms with Gasteiger partial charge in [-0.1, -0.05) is 18.2 Å². The fourth-order valence-corrected chi connectivity index (χ4v) is 4.02. The van der Waals surface area contributed by atoms with E-state index in [1.807, 2.05) is 12.1 Å². The smallest absolute Gasteiger partial charge is 0.250 e. The number of carbonyl (C=O) groups is 1. The lowest BCUT2D eigenvalue weighted by Crippen LogP contribution is -2.43. The number of rotatable bonds is 5. The fourth-order valence-electron chi connectivity index (χ4n) is 2.88. The third kappa shape index (κ3) is 3.89. The summed E-state index contributed by atoms with van der Waals surface area (Å²) in [6, 6.07) is 4.91. The zero-order chi connectivity index (χ0) is 16.4. The highest BCUT2D eigenvalue weighted by Gasteiger charge is 2.31. The van der Waals surface area contributed by atoms with E-state index in [0.29, 0.717) is 31.7 Å². The van der Waals surface area contributed by atoms with E-state index >= 15 is 0 Å². The monoisotopic (exact) mass is 340 g/mol. The number of benzene rings is 1. The van der Waals surface area contributed by atoms with Crippen LogP contribution in [0, 0.1) is 0 Å². The van der Waals surface area contributed by atoms with E-state index < -0.39 is 22.0 Å². The molecule has 0 unspecified atom stereocenters. The van der Waals surface area contributed by atoms with Gasteiger partial charge in [-0.2, -0.15) is 0 Å². The quantitative estimate of drug-likeness (QED) is 0.786. The molecule has 2 aliphatic heterocycles. The first kappa shape index (κ1) is 16.4. The van der Waals surface area contributed by atoms with Crippen LogP contribution in [0.3, 0.4) is 0 Å². The first-order valence-corrected chi connectivity index (χ1v) is 9.11. The number of sulfonamides is 1. The summed E-state index contributed by atoms with van der Waals surface area (Å²) in [5.74, 6) is -0.763. The summed E-state index contributed by atoms with van der Waals surface area (Å²) in [4.78, 5) is 12.1. The average Bonchev–Trinajstić information content (AvgIpc) is 3.14. The zero-order valence-electron chi connectivity index (χ0n) is 12.9. The van der Waals surface area contributed by atoms with Crippen molar-refractivity contribution in [3.63, 3.8) is 0 Å². The highest BCUT2D eigenvalue weighted by Crippen LogP contribution is 2.21. The van der Waals surface area contributed by atoms with Gasteiger partial charge in [-0.15, -0.1) is 0 Å². The molecule has 0 bridgehead atoms. The van der Waals surface area contributed by atoms with Crippen molar-refractivity contribution in [2.24, 2.45) is 0 Å². The second-order valence-electron chi connectivity index (χ2n) is 5.88. The van der Waals surface area contributed by atoms with Gasteiger partial charge in [0.1, 0.15) is 0 Å². The average molecular weight is 340 g/mol. The largest absolute Gasteiger partial charge is 0.380 e. The molecule has 0 saturated carbocycles. The van der Waals surface area contributed by atoms with Gasteiger partial charge in [-0.3, -0.25) is 9.52 Å². The Morgan fingerprint density at radius 3 is 2.91 bits per heavy atom. The van der Waals surface area contributed by atoms with Crippen LogP contribution in [0.25, 0.3) is 0 Å². The molecule has 0 radical (unpaired) electrons. The number of amides is 1. The van der Waals surface area contributed by atoms with Gasteiger partial charge in [0.25, 0.3) is 5.91 Å². The van der Waals surface area contributed by atoms with Crippen molar-refractivity contribution >= 4 is 15.9 Å². The number of hydrogen-bond donors (Lipinski definition) is 2. The predicted octanol–water partition coefficient (Wildman–Crippen LogP) is 0.0397. The topological polar surface area (TPSA) is 93.7 Å². The first-order chi connectivity index (χ1) is 11.0. The molecule has 2 N–H and O–H groups in total. The third-order valence-electron chi connectivity index (χ3n) is 4.14. The Labute approximate surface area is 135 Å². The molecule has 126 valence electrons. The van der Waals surface area contributed by atoms with E-state index in [-0.39, 0.29) is 11.9 Å². The molecule has 2 atom stereocenters. The molecule has 1 aromatic carbocycles. The van der Waals surface area contributed by atoms with Crippen molar-refractivity contribution in [1.29, 1.82) is 0 Å². The van der Waals surface area contributed by atoms with Crippen molar-refractivity contribution in [2.45, 2.75) is 37.5 Å². The molecule has 7 nitrogen and oxygen atoms in total. The Kier molecular flexibility index (Phi) is 4.67. The maximum Gasteiger partial charge on any atom is 0.250 e. The molecule has 8 heteroatoms.